The fourth-order valence-corrected chi connectivity index (χ4v) is 3.56. The molecule has 3 aromatic rings. The van der Waals surface area contributed by atoms with Crippen molar-refractivity contribution in [2.75, 3.05) is 25.5 Å². The van der Waals surface area contributed by atoms with Gasteiger partial charge in [0, 0.05) is 55.9 Å². The summed E-state index contributed by atoms with van der Waals surface area (Å²) in [6, 6.07) is 15.5. The van der Waals surface area contributed by atoms with Gasteiger partial charge in [-0.05, 0) is 12.1 Å². The van der Waals surface area contributed by atoms with Gasteiger partial charge in [-0.15, -0.1) is 0 Å². The summed E-state index contributed by atoms with van der Waals surface area (Å²) in [4.78, 5) is 36.5. The number of hydrogen-bond donors (Lipinski definition) is 0. The molecule has 0 N–H and O–H groups in total. The molecule has 0 spiro atoms. The average molecular weight is 403 g/mol. The maximum Gasteiger partial charge on any atom is 0.269 e. The number of carbonyl (C=O) groups excluding carboxylic acids is 1. The van der Waals surface area contributed by atoms with Crippen molar-refractivity contribution in [3.8, 4) is 11.4 Å². The first-order chi connectivity index (χ1) is 14.4. The highest BCUT2D eigenvalue weighted by Gasteiger charge is 2.27. The average Bonchev–Trinajstić information content (AvgIpc) is 2.78. The summed E-state index contributed by atoms with van der Waals surface area (Å²) in [7, 11) is 3.85. The van der Waals surface area contributed by atoms with E-state index in [1.165, 1.54) is 24.3 Å². The molecule has 4 rings (SSSR count). The maximum absolute atomic E-state index is 13.0. The minimum Gasteiger partial charge on any atom is -0.362 e. The summed E-state index contributed by atoms with van der Waals surface area (Å²) in [5, 5.41) is 10.8. The van der Waals surface area contributed by atoms with Crippen molar-refractivity contribution in [1.29, 1.82) is 0 Å². The Labute approximate surface area is 174 Å². The van der Waals surface area contributed by atoms with Crippen molar-refractivity contribution in [1.82, 2.24) is 14.9 Å². The molecule has 1 aliphatic heterocycles. The van der Waals surface area contributed by atoms with E-state index >= 15 is 0 Å². The van der Waals surface area contributed by atoms with Gasteiger partial charge in [0.1, 0.15) is 5.82 Å². The van der Waals surface area contributed by atoms with E-state index in [2.05, 4.69) is 0 Å². The molecule has 8 nitrogen and oxygen atoms in total. The molecule has 0 saturated carbocycles. The molecule has 2 aromatic carbocycles. The molecule has 8 heteroatoms. The molecular formula is C22H21N5O3. The minimum atomic E-state index is -0.476. The van der Waals surface area contributed by atoms with Crippen LogP contribution in [-0.2, 0) is 13.0 Å². The van der Waals surface area contributed by atoms with Crippen LogP contribution >= 0.6 is 0 Å². The predicted octanol–water partition coefficient (Wildman–Crippen LogP) is 3.32. The number of amides is 1. The van der Waals surface area contributed by atoms with Crippen molar-refractivity contribution in [3.05, 3.63) is 81.5 Å². The highest BCUT2D eigenvalue weighted by Crippen LogP contribution is 2.29. The van der Waals surface area contributed by atoms with Crippen LogP contribution in [-0.4, -0.2) is 46.3 Å². The van der Waals surface area contributed by atoms with E-state index < -0.39 is 4.92 Å². The van der Waals surface area contributed by atoms with E-state index in [4.69, 9.17) is 9.97 Å². The largest absolute Gasteiger partial charge is 0.362 e. The van der Waals surface area contributed by atoms with Crippen molar-refractivity contribution in [2.45, 2.75) is 13.0 Å². The molecule has 0 fully saturated rings. The van der Waals surface area contributed by atoms with Gasteiger partial charge in [0.15, 0.2) is 5.82 Å². The van der Waals surface area contributed by atoms with Gasteiger partial charge in [0.05, 0.1) is 17.2 Å². The topological polar surface area (TPSA) is 92.5 Å². The van der Waals surface area contributed by atoms with Crippen molar-refractivity contribution in [3.63, 3.8) is 0 Å². The Hall–Kier alpha value is -3.81. The first kappa shape index (κ1) is 19.5. The molecule has 152 valence electrons. The lowest BCUT2D eigenvalue weighted by atomic mass is 10.0. The lowest BCUT2D eigenvalue weighted by molar-refractivity contribution is -0.384. The highest BCUT2D eigenvalue weighted by atomic mass is 16.6. The van der Waals surface area contributed by atoms with E-state index in [1.54, 1.807) is 4.90 Å². The Morgan fingerprint density at radius 3 is 2.40 bits per heavy atom. The van der Waals surface area contributed by atoms with Crippen molar-refractivity contribution in [2.24, 2.45) is 0 Å². The Kier molecular flexibility index (Phi) is 5.14. The van der Waals surface area contributed by atoms with Crippen LogP contribution in [0.25, 0.3) is 11.4 Å². The van der Waals surface area contributed by atoms with Gasteiger partial charge in [0.25, 0.3) is 11.6 Å². The Bertz CT molecular complexity index is 1100. The SMILES string of the molecule is CN(C)c1nc(-c2ccccc2)nc2c1CN(C(=O)c1ccc([N+](=O)[O-])cc1)CC2. The third-order valence-electron chi connectivity index (χ3n) is 5.11. The van der Waals surface area contributed by atoms with Crippen molar-refractivity contribution >= 4 is 17.4 Å². The van der Waals surface area contributed by atoms with Crippen LogP contribution in [0.5, 0.6) is 0 Å². The molecule has 2 heterocycles. The van der Waals surface area contributed by atoms with Crippen LogP contribution in [0.4, 0.5) is 11.5 Å². The van der Waals surface area contributed by atoms with E-state index in [-0.39, 0.29) is 11.6 Å². The van der Waals surface area contributed by atoms with Crippen LogP contribution < -0.4 is 4.90 Å². The quantitative estimate of drug-likeness (QED) is 0.490. The summed E-state index contributed by atoms with van der Waals surface area (Å²) < 4.78 is 0. The molecule has 0 saturated heterocycles. The van der Waals surface area contributed by atoms with Crippen molar-refractivity contribution < 1.29 is 9.72 Å². The zero-order chi connectivity index (χ0) is 21.3. The molecule has 0 radical (unpaired) electrons. The molecule has 0 atom stereocenters. The molecule has 0 bridgehead atoms. The second-order valence-electron chi connectivity index (χ2n) is 7.34. The molecule has 30 heavy (non-hydrogen) atoms. The standard InChI is InChI=1S/C22H21N5O3/c1-25(2)21-18-14-26(22(28)16-8-10-17(11-9-16)27(29)30)13-12-19(18)23-20(24-21)15-6-4-3-5-7-15/h3-11H,12-14H2,1-2H3. The normalized spacial score (nSPS) is 12.9. The Balaban J connectivity index is 1.64. The number of aromatic nitrogens is 2. The monoisotopic (exact) mass is 403 g/mol. The van der Waals surface area contributed by atoms with E-state index in [0.717, 1.165) is 22.6 Å². The van der Waals surface area contributed by atoms with E-state index in [9.17, 15) is 14.9 Å². The number of nitrogens with zero attached hydrogens (tertiary/aromatic N) is 5. The zero-order valence-electron chi connectivity index (χ0n) is 16.8. The number of carbonyl (C=O) groups is 1. The second-order valence-corrected chi connectivity index (χ2v) is 7.34. The first-order valence-electron chi connectivity index (χ1n) is 9.60. The minimum absolute atomic E-state index is 0.0349. The number of non-ortho nitro benzene ring substituents is 1. The Morgan fingerprint density at radius 1 is 1.07 bits per heavy atom. The lowest BCUT2D eigenvalue weighted by Crippen LogP contribution is -2.37. The second kappa shape index (κ2) is 7.90. The van der Waals surface area contributed by atoms with Crippen LogP contribution in [0.15, 0.2) is 54.6 Å². The van der Waals surface area contributed by atoms with Crippen LogP contribution in [0, 0.1) is 10.1 Å². The number of anilines is 1. The third kappa shape index (κ3) is 3.71. The predicted molar refractivity (Wildman–Crippen MR) is 113 cm³/mol. The van der Waals surface area contributed by atoms with Crippen LogP contribution in [0.1, 0.15) is 21.6 Å². The zero-order valence-corrected chi connectivity index (χ0v) is 16.8. The third-order valence-corrected chi connectivity index (χ3v) is 5.11. The molecule has 1 amide bonds. The number of benzene rings is 2. The number of nitro benzene ring substituents is 1. The summed E-state index contributed by atoms with van der Waals surface area (Å²) >= 11 is 0. The highest BCUT2D eigenvalue weighted by molar-refractivity contribution is 5.94. The van der Waals surface area contributed by atoms with Gasteiger partial charge < -0.3 is 9.80 Å². The summed E-state index contributed by atoms with van der Waals surface area (Å²) in [6.45, 7) is 0.925. The number of fused-ring (bicyclic) bond motifs is 1. The van der Waals surface area contributed by atoms with Gasteiger partial charge >= 0.3 is 0 Å². The summed E-state index contributed by atoms with van der Waals surface area (Å²) in [5.41, 5.74) is 3.22. The molecule has 1 aliphatic rings. The van der Waals surface area contributed by atoms with E-state index in [1.807, 2.05) is 49.3 Å². The van der Waals surface area contributed by atoms with Gasteiger partial charge in [-0.1, -0.05) is 30.3 Å². The smallest absolute Gasteiger partial charge is 0.269 e. The van der Waals surface area contributed by atoms with Gasteiger partial charge in [-0.25, -0.2) is 9.97 Å². The number of nitro groups is 1. The number of hydrogen-bond acceptors (Lipinski definition) is 6. The summed E-state index contributed by atoms with van der Waals surface area (Å²) in [5.74, 6) is 1.31. The maximum atomic E-state index is 13.0. The molecule has 0 aliphatic carbocycles. The Morgan fingerprint density at radius 2 is 1.77 bits per heavy atom. The first-order valence-corrected chi connectivity index (χ1v) is 9.60. The fourth-order valence-electron chi connectivity index (χ4n) is 3.56. The van der Waals surface area contributed by atoms with Crippen LogP contribution in [0.3, 0.4) is 0 Å². The molecule has 1 aromatic heterocycles. The van der Waals surface area contributed by atoms with E-state index in [0.29, 0.717) is 30.9 Å². The lowest BCUT2D eigenvalue weighted by Gasteiger charge is -2.31. The number of rotatable bonds is 4. The van der Waals surface area contributed by atoms with Crippen LogP contribution in [0.2, 0.25) is 0 Å². The van der Waals surface area contributed by atoms with Gasteiger partial charge in [-0.3, -0.25) is 14.9 Å². The molecule has 0 unspecified atom stereocenters. The molecular weight excluding hydrogens is 382 g/mol. The van der Waals surface area contributed by atoms with Gasteiger partial charge in [0.2, 0.25) is 0 Å². The fraction of sp³-hybridized carbons (Fsp3) is 0.227. The van der Waals surface area contributed by atoms with Gasteiger partial charge in [-0.2, -0.15) is 0 Å². The summed E-state index contributed by atoms with van der Waals surface area (Å²) in [6.07, 6.45) is 0.622.